The molecule has 140 valence electrons. The Bertz CT molecular complexity index is 1110. The van der Waals surface area contributed by atoms with Crippen molar-refractivity contribution in [2.75, 3.05) is 12.4 Å². The molecule has 3 amide bonds. The van der Waals surface area contributed by atoms with E-state index in [0.29, 0.717) is 21.3 Å². The van der Waals surface area contributed by atoms with Crippen LogP contribution in [0.3, 0.4) is 0 Å². The second-order valence-corrected chi connectivity index (χ2v) is 8.05. The smallest absolute Gasteiger partial charge is 0.261 e. The summed E-state index contributed by atoms with van der Waals surface area (Å²) >= 11 is 4.64. The van der Waals surface area contributed by atoms with Crippen LogP contribution in [0.15, 0.2) is 46.9 Å². The molecule has 3 aromatic rings. The van der Waals surface area contributed by atoms with Crippen LogP contribution in [0.1, 0.15) is 26.3 Å². The average molecular weight is 457 g/mol. The monoisotopic (exact) mass is 456 g/mol. The van der Waals surface area contributed by atoms with Gasteiger partial charge in [-0.25, -0.2) is 0 Å². The number of carbonyl (C=O) groups excluding carboxylic acids is 3. The third kappa shape index (κ3) is 3.34. The predicted octanol–water partition coefficient (Wildman–Crippen LogP) is 3.37. The summed E-state index contributed by atoms with van der Waals surface area (Å²) in [6, 6.07) is 12.6. The number of anilines is 1. The Labute approximate surface area is 172 Å². The maximum atomic E-state index is 12.5. The number of rotatable bonds is 4. The maximum Gasteiger partial charge on any atom is 0.261 e. The summed E-state index contributed by atoms with van der Waals surface area (Å²) in [5.41, 5.74) is 2.02. The van der Waals surface area contributed by atoms with Gasteiger partial charge < -0.3 is 5.32 Å². The molecule has 0 saturated heterocycles. The number of benzene rings is 2. The van der Waals surface area contributed by atoms with Gasteiger partial charge in [0.25, 0.3) is 11.8 Å². The number of amides is 3. The molecule has 0 saturated carbocycles. The van der Waals surface area contributed by atoms with Crippen LogP contribution in [0.5, 0.6) is 0 Å². The predicted molar refractivity (Wildman–Crippen MR) is 108 cm³/mol. The minimum Gasteiger partial charge on any atom is -0.300 e. The van der Waals surface area contributed by atoms with E-state index in [2.05, 4.69) is 31.4 Å². The lowest BCUT2D eigenvalue weighted by Gasteiger charge is -2.06. The molecule has 1 aliphatic heterocycles. The molecule has 2 aromatic carbocycles. The van der Waals surface area contributed by atoms with Gasteiger partial charge in [-0.15, -0.1) is 10.2 Å². The van der Waals surface area contributed by atoms with Crippen molar-refractivity contribution in [2.45, 2.75) is 6.42 Å². The number of fused-ring (bicyclic) bond motifs is 1. The molecule has 1 N–H and O–H groups in total. The van der Waals surface area contributed by atoms with Crippen LogP contribution in [0.25, 0.3) is 10.6 Å². The first-order valence-corrected chi connectivity index (χ1v) is 9.88. The fraction of sp³-hybridized carbons (Fsp3) is 0.105. The number of nitrogens with one attached hydrogen (secondary N) is 1. The molecule has 4 rings (SSSR count). The van der Waals surface area contributed by atoms with Crippen molar-refractivity contribution in [3.05, 3.63) is 63.6 Å². The van der Waals surface area contributed by atoms with Crippen LogP contribution < -0.4 is 5.32 Å². The zero-order valence-electron chi connectivity index (χ0n) is 14.6. The molecule has 1 aliphatic rings. The van der Waals surface area contributed by atoms with Crippen molar-refractivity contribution in [1.82, 2.24) is 15.1 Å². The summed E-state index contributed by atoms with van der Waals surface area (Å²) in [5, 5.41) is 11.9. The maximum absolute atomic E-state index is 12.5. The molecule has 9 heteroatoms. The minimum absolute atomic E-state index is 0.0385. The Balaban J connectivity index is 1.50. The molecule has 0 spiro atoms. The van der Waals surface area contributed by atoms with Crippen LogP contribution >= 0.6 is 27.3 Å². The number of aromatic nitrogens is 2. The molecule has 0 bridgehead atoms. The fourth-order valence-electron chi connectivity index (χ4n) is 2.94. The van der Waals surface area contributed by atoms with E-state index in [9.17, 15) is 14.4 Å². The van der Waals surface area contributed by atoms with Crippen molar-refractivity contribution in [1.29, 1.82) is 0 Å². The van der Waals surface area contributed by atoms with Gasteiger partial charge in [-0.1, -0.05) is 51.5 Å². The summed E-state index contributed by atoms with van der Waals surface area (Å²) < 4.78 is 0.961. The molecular weight excluding hydrogens is 444 g/mol. The van der Waals surface area contributed by atoms with Crippen LogP contribution in [0, 0.1) is 0 Å². The molecule has 2 heterocycles. The number of nitrogens with zero attached hydrogens (tertiary/aromatic N) is 3. The Morgan fingerprint density at radius 1 is 1.11 bits per heavy atom. The lowest BCUT2D eigenvalue weighted by atomic mass is 10.00. The van der Waals surface area contributed by atoms with Gasteiger partial charge in [-0.2, -0.15) is 0 Å². The third-order valence-electron chi connectivity index (χ3n) is 4.32. The molecule has 0 aliphatic carbocycles. The van der Waals surface area contributed by atoms with Crippen LogP contribution in [0.2, 0.25) is 0 Å². The lowest BCUT2D eigenvalue weighted by molar-refractivity contribution is -0.115. The topological polar surface area (TPSA) is 92.3 Å². The molecule has 0 atom stereocenters. The van der Waals surface area contributed by atoms with Gasteiger partial charge in [0.15, 0.2) is 0 Å². The summed E-state index contributed by atoms with van der Waals surface area (Å²) in [4.78, 5) is 37.9. The van der Waals surface area contributed by atoms with Gasteiger partial charge in [0.05, 0.1) is 17.5 Å². The number of halogens is 1. The van der Waals surface area contributed by atoms with Crippen molar-refractivity contribution < 1.29 is 14.4 Å². The van der Waals surface area contributed by atoms with Crippen molar-refractivity contribution in [3.8, 4) is 10.6 Å². The van der Waals surface area contributed by atoms with E-state index in [0.717, 1.165) is 14.9 Å². The largest absolute Gasteiger partial charge is 0.300 e. The Kier molecular flexibility index (Phi) is 4.78. The van der Waals surface area contributed by atoms with Gasteiger partial charge in [0, 0.05) is 17.1 Å². The van der Waals surface area contributed by atoms with E-state index in [-0.39, 0.29) is 23.8 Å². The van der Waals surface area contributed by atoms with Gasteiger partial charge in [-0.3, -0.25) is 19.3 Å². The SMILES string of the molecule is CN1C(=O)c2cccc(CC(=O)Nc3nnc(-c4ccc(Br)cc4)s3)c2C1=O. The second kappa shape index (κ2) is 7.25. The summed E-state index contributed by atoms with van der Waals surface area (Å²) in [6.07, 6.45) is -0.0385. The minimum atomic E-state index is -0.392. The number of hydrogen-bond acceptors (Lipinski definition) is 6. The Morgan fingerprint density at radius 2 is 1.86 bits per heavy atom. The molecule has 0 unspecified atom stereocenters. The number of hydrogen-bond donors (Lipinski definition) is 1. The van der Waals surface area contributed by atoms with E-state index >= 15 is 0 Å². The van der Waals surface area contributed by atoms with Crippen LogP contribution in [0.4, 0.5) is 5.13 Å². The molecule has 0 radical (unpaired) electrons. The quantitative estimate of drug-likeness (QED) is 0.607. The first kappa shape index (κ1) is 18.5. The lowest BCUT2D eigenvalue weighted by Crippen LogP contribution is -2.24. The third-order valence-corrected chi connectivity index (χ3v) is 5.73. The highest BCUT2D eigenvalue weighted by molar-refractivity contribution is 9.10. The standard InChI is InChI=1S/C19H13BrN4O3S/c1-24-17(26)13-4-2-3-11(15(13)18(24)27)9-14(25)21-19-23-22-16(28-19)10-5-7-12(20)8-6-10/h2-8H,9H2,1H3,(H,21,23,25). The van der Waals surface area contributed by atoms with Crippen LogP contribution in [-0.4, -0.2) is 39.9 Å². The fourth-order valence-corrected chi connectivity index (χ4v) is 3.97. The zero-order valence-corrected chi connectivity index (χ0v) is 17.0. The number of imide groups is 1. The molecular formula is C19H13BrN4O3S. The average Bonchev–Trinajstić information content (AvgIpc) is 3.22. The van der Waals surface area contributed by atoms with Crippen molar-refractivity contribution >= 4 is 50.1 Å². The summed E-state index contributed by atoms with van der Waals surface area (Å²) in [5.74, 6) is -1.08. The highest BCUT2D eigenvalue weighted by Gasteiger charge is 2.34. The van der Waals surface area contributed by atoms with Crippen molar-refractivity contribution in [2.24, 2.45) is 0 Å². The first-order valence-electron chi connectivity index (χ1n) is 8.27. The van der Waals surface area contributed by atoms with E-state index in [1.54, 1.807) is 18.2 Å². The van der Waals surface area contributed by atoms with E-state index in [1.807, 2.05) is 24.3 Å². The van der Waals surface area contributed by atoms with Gasteiger partial charge in [0.1, 0.15) is 5.01 Å². The van der Waals surface area contributed by atoms with E-state index in [1.165, 1.54) is 18.4 Å². The number of carbonyl (C=O) groups is 3. The van der Waals surface area contributed by atoms with Crippen LogP contribution in [-0.2, 0) is 11.2 Å². The van der Waals surface area contributed by atoms with Crippen molar-refractivity contribution in [3.63, 3.8) is 0 Å². The zero-order chi connectivity index (χ0) is 19.8. The van der Waals surface area contributed by atoms with Gasteiger partial charge >= 0.3 is 0 Å². The second-order valence-electron chi connectivity index (χ2n) is 6.15. The van der Waals surface area contributed by atoms with Gasteiger partial charge in [0.2, 0.25) is 11.0 Å². The normalized spacial score (nSPS) is 13.0. The summed E-state index contributed by atoms with van der Waals surface area (Å²) in [7, 11) is 1.43. The van der Waals surface area contributed by atoms with E-state index < -0.39 is 5.91 Å². The Morgan fingerprint density at radius 3 is 2.61 bits per heavy atom. The van der Waals surface area contributed by atoms with Gasteiger partial charge in [-0.05, 0) is 23.8 Å². The Hall–Kier alpha value is -2.91. The first-order chi connectivity index (χ1) is 13.4. The van der Waals surface area contributed by atoms with E-state index in [4.69, 9.17) is 0 Å². The molecule has 1 aromatic heterocycles. The highest BCUT2D eigenvalue weighted by Crippen LogP contribution is 2.28. The highest BCUT2D eigenvalue weighted by atomic mass is 79.9. The molecule has 0 fully saturated rings. The molecule has 28 heavy (non-hydrogen) atoms. The summed E-state index contributed by atoms with van der Waals surface area (Å²) in [6.45, 7) is 0. The molecule has 7 nitrogen and oxygen atoms in total.